The van der Waals surface area contributed by atoms with E-state index in [-0.39, 0.29) is 0 Å². The van der Waals surface area contributed by atoms with Crippen molar-refractivity contribution in [1.82, 2.24) is 0 Å². The third-order valence-electron chi connectivity index (χ3n) is 6.85. The summed E-state index contributed by atoms with van der Waals surface area (Å²) < 4.78 is 6.42. The van der Waals surface area contributed by atoms with Crippen LogP contribution in [0.15, 0.2) is 64.6 Å². The van der Waals surface area contributed by atoms with Crippen LogP contribution in [0.4, 0.5) is 0 Å². The molecule has 3 aromatic carbocycles. The summed E-state index contributed by atoms with van der Waals surface area (Å²) in [7, 11) is 0. The van der Waals surface area contributed by atoms with Gasteiger partial charge in [0.25, 0.3) is 0 Å². The Morgan fingerprint density at radius 2 is 1.64 bits per heavy atom. The van der Waals surface area contributed by atoms with E-state index in [9.17, 15) is 0 Å². The Morgan fingerprint density at radius 3 is 2.64 bits per heavy atom. The molecule has 1 heteroatoms. The molecule has 0 aliphatic heterocycles. The van der Waals surface area contributed by atoms with E-state index in [4.69, 9.17) is 4.42 Å². The molecular weight excluding hydrogens is 340 g/mol. The van der Waals surface area contributed by atoms with Gasteiger partial charge in [0, 0.05) is 16.3 Å². The molecule has 1 nitrogen and oxygen atoms in total. The van der Waals surface area contributed by atoms with Crippen molar-refractivity contribution in [1.29, 1.82) is 0 Å². The van der Waals surface area contributed by atoms with E-state index in [1.54, 1.807) is 5.57 Å². The number of para-hydroxylation sites is 1. The molecule has 7 rings (SSSR count). The minimum atomic E-state index is 1.00. The van der Waals surface area contributed by atoms with Gasteiger partial charge in [-0.1, -0.05) is 54.6 Å². The average molecular weight is 360 g/mol. The second-order valence-corrected chi connectivity index (χ2v) is 8.27. The molecule has 0 unspecified atom stereocenters. The first-order chi connectivity index (χ1) is 13.9. The first-order valence-electron chi connectivity index (χ1n) is 10.4. The predicted molar refractivity (Wildman–Crippen MR) is 118 cm³/mol. The van der Waals surface area contributed by atoms with Crippen molar-refractivity contribution in [3.63, 3.8) is 0 Å². The minimum absolute atomic E-state index is 1.00. The van der Waals surface area contributed by atoms with Gasteiger partial charge in [0.2, 0.25) is 0 Å². The highest BCUT2D eigenvalue weighted by Gasteiger charge is 2.27. The van der Waals surface area contributed by atoms with E-state index in [0.29, 0.717) is 0 Å². The van der Waals surface area contributed by atoms with Crippen LogP contribution in [0.25, 0.3) is 44.4 Å². The van der Waals surface area contributed by atoms with Crippen LogP contribution in [0, 0.1) is 0 Å². The highest BCUT2D eigenvalue weighted by Crippen LogP contribution is 2.48. The molecule has 3 aliphatic rings. The zero-order chi connectivity index (χ0) is 18.2. The third kappa shape index (κ3) is 1.77. The fraction of sp³-hybridized carbons (Fsp3) is 0.185. The van der Waals surface area contributed by atoms with Crippen molar-refractivity contribution >= 4 is 44.4 Å². The Bertz CT molecular complexity index is 1420. The minimum Gasteiger partial charge on any atom is -0.456 e. The molecule has 0 saturated carbocycles. The lowest BCUT2D eigenvalue weighted by Gasteiger charge is -2.18. The summed E-state index contributed by atoms with van der Waals surface area (Å²) in [6, 6.07) is 13.2. The maximum absolute atomic E-state index is 6.42. The first kappa shape index (κ1) is 14.9. The molecule has 0 spiro atoms. The largest absolute Gasteiger partial charge is 0.456 e. The van der Waals surface area contributed by atoms with Crippen LogP contribution in [-0.4, -0.2) is 0 Å². The Labute approximate surface area is 163 Å². The van der Waals surface area contributed by atoms with Gasteiger partial charge < -0.3 is 4.42 Å². The van der Waals surface area contributed by atoms with Crippen molar-refractivity contribution in [3.05, 3.63) is 82.5 Å². The standard InChI is InChI=1S/C27H20O/c1-2-8-17-16(7-1)15-23-18(17)13-14-22-25(23)19-9-3-4-10-20(19)27-26(22)21-11-5-6-12-24(21)28-27/h1,3,5-7,9,11-14H,2,4,8,10,15H2. The zero-order valence-corrected chi connectivity index (χ0v) is 15.7. The van der Waals surface area contributed by atoms with Crippen molar-refractivity contribution in [3.8, 4) is 0 Å². The monoisotopic (exact) mass is 360 g/mol. The van der Waals surface area contributed by atoms with Gasteiger partial charge in [-0.3, -0.25) is 0 Å². The summed E-state index contributed by atoms with van der Waals surface area (Å²) >= 11 is 0. The molecule has 0 amide bonds. The van der Waals surface area contributed by atoms with E-state index in [1.807, 2.05) is 0 Å². The Balaban J connectivity index is 1.70. The van der Waals surface area contributed by atoms with Crippen molar-refractivity contribution in [2.24, 2.45) is 0 Å². The second-order valence-electron chi connectivity index (χ2n) is 8.27. The summed E-state index contributed by atoms with van der Waals surface area (Å²) in [4.78, 5) is 0. The van der Waals surface area contributed by atoms with Gasteiger partial charge in [-0.15, -0.1) is 0 Å². The molecule has 0 atom stereocenters. The number of furan rings is 1. The van der Waals surface area contributed by atoms with Gasteiger partial charge in [-0.2, -0.15) is 0 Å². The molecule has 0 fully saturated rings. The fourth-order valence-corrected chi connectivity index (χ4v) is 5.67. The van der Waals surface area contributed by atoms with E-state index in [1.165, 1.54) is 62.2 Å². The van der Waals surface area contributed by atoms with Crippen LogP contribution in [0.3, 0.4) is 0 Å². The molecule has 0 saturated heterocycles. The summed E-state index contributed by atoms with van der Waals surface area (Å²) in [5.74, 6) is 0. The van der Waals surface area contributed by atoms with Crippen LogP contribution in [0.5, 0.6) is 0 Å². The normalized spacial score (nSPS) is 17.6. The number of aryl methyl sites for hydroxylation is 1. The highest BCUT2D eigenvalue weighted by atomic mass is 16.3. The average Bonchev–Trinajstić information content (AvgIpc) is 3.32. The smallest absolute Gasteiger partial charge is 0.139 e. The van der Waals surface area contributed by atoms with Crippen molar-refractivity contribution in [2.45, 2.75) is 32.1 Å². The lowest BCUT2D eigenvalue weighted by molar-refractivity contribution is 0.662. The topological polar surface area (TPSA) is 13.1 Å². The van der Waals surface area contributed by atoms with E-state index in [2.05, 4.69) is 60.7 Å². The molecule has 1 heterocycles. The number of fused-ring (bicyclic) bond motifs is 11. The first-order valence-corrected chi connectivity index (χ1v) is 10.4. The van der Waals surface area contributed by atoms with E-state index in [0.717, 1.165) is 30.4 Å². The molecule has 134 valence electrons. The summed E-state index contributed by atoms with van der Waals surface area (Å²) in [6.07, 6.45) is 15.0. The van der Waals surface area contributed by atoms with Crippen LogP contribution in [0.1, 0.15) is 41.5 Å². The summed E-state index contributed by atoms with van der Waals surface area (Å²) in [6.45, 7) is 0. The van der Waals surface area contributed by atoms with E-state index >= 15 is 0 Å². The maximum atomic E-state index is 6.42. The SMILES string of the molecule is C1=CC2=C(CC1)c1ccc3c(c4c(c5oc6ccccc6c53)CCC=C4)c1C2. The number of allylic oxidation sites excluding steroid dienone is 5. The predicted octanol–water partition coefficient (Wildman–Crippen LogP) is 7.36. The molecule has 0 bridgehead atoms. The van der Waals surface area contributed by atoms with Crippen LogP contribution in [-0.2, 0) is 12.8 Å². The molecule has 1 aromatic heterocycles. The quantitative estimate of drug-likeness (QED) is 0.319. The second kappa shape index (κ2) is 5.26. The highest BCUT2D eigenvalue weighted by molar-refractivity contribution is 6.23. The lowest BCUT2D eigenvalue weighted by Crippen LogP contribution is -1.99. The Hall–Kier alpha value is -3.06. The molecule has 0 radical (unpaired) electrons. The molecule has 28 heavy (non-hydrogen) atoms. The number of rotatable bonds is 0. The molecule has 0 N–H and O–H groups in total. The third-order valence-corrected chi connectivity index (χ3v) is 6.85. The zero-order valence-electron chi connectivity index (χ0n) is 15.7. The summed E-state index contributed by atoms with van der Waals surface area (Å²) in [5, 5.41) is 5.37. The van der Waals surface area contributed by atoms with Crippen molar-refractivity contribution in [2.75, 3.05) is 0 Å². The fourth-order valence-electron chi connectivity index (χ4n) is 5.67. The number of benzene rings is 3. The summed E-state index contributed by atoms with van der Waals surface area (Å²) in [5.41, 5.74) is 11.0. The van der Waals surface area contributed by atoms with Crippen LogP contribution < -0.4 is 0 Å². The van der Waals surface area contributed by atoms with Crippen LogP contribution in [0.2, 0.25) is 0 Å². The molecule has 4 aromatic rings. The molecular formula is C27H20O. The Morgan fingerprint density at radius 1 is 0.750 bits per heavy atom. The van der Waals surface area contributed by atoms with Gasteiger partial charge in [0.05, 0.1) is 0 Å². The number of hydrogen-bond donors (Lipinski definition) is 0. The Kier molecular flexibility index (Phi) is 2.80. The van der Waals surface area contributed by atoms with Gasteiger partial charge in [-0.05, 0) is 76.8 Å². The number of hydrogen-bond acceptors (Lipinski definition) is 1. The van der Waals surface area contributed by atoms with Gasteiger partial charge in [0.15, 0.2) is 0 Å². The molecule has 3 aliphatic carbocycles. The van der Waals surface area contributed by atoms with Gasteiger partial charge in [-0.25, -0.2) is 0 Å². The van der Waals surface area contributed by atoms with Gasteiger partial charge >= 0.3 is 0 Å². The van der Waals surface area contributed by atoms with Crippen molar-refractivity contribution < 1.29 is 4.42 Å². The maximum Gasteiger partial charge on any atom is 0.139 e. The van der Waals surface area contributed by atoms with E-state index < -0.39 is 0 Å². The lowest BCUT2D eigenvalue weighted by atomic mass is 9.85. The van der Waals surface area contributed by atoms with Crippen LogP contribution >= 0.6 is 0 Å². The van der Waals surface area contributed by atoms with Gasteiger partial charge in [0.1, 0.15) is 11.2 Å².